The summed E-state index contributed by atoms with van der Waals surface area (Å²) in [4.78, 5) is 13.8. The lowest BCUT2D eigenvalue weighted by Gasteiger charge is -2.28. The summed E-state index contributed by atoms with van der Waals surface area (Å²) in [6.07, 6.45) is 0. The zero-order chi connectivity index (χ0) is 12.4. The van der Waals surface area contributed by atoms with Crippen molar-refractivity contribution < 1.29 is 14.8 Å². The van der Waals surface area contributed by atoms with E-state index >= 15 is 0 Å². The minimum absolute atomic E-state index is 0.0635. The van der Waals surface area contributed by atoms with Gasteiger partial charge < -0.3 is 19.7 Å². The van der Waals surface area contributed by atoms with Gasteiger partial charge in [-0.2, -0.15) is 5.10 Å². The molecule has 1 aromatic rings. The van der Waals surface area contributed by atoms with Gasteiger partial charge in [-0.3, -0.25) is 4.79 Å². The Morgan fingerprint density at radius 1 is 1.41 bits per heavy atom. The molecule has 2 N–H and O–H groups in total. The highest BCUT2D eigenvalue weighted by Crippen LogP contribution is 2.08. The summed E-state index contributed by atoms with van der Waals surface area (Å²) in [7, 11) is -0.195. The summed E-state index contributed by atoms with van der Waals surface area (Å²) in [5, 5.41) is 22.0. The number of morpholine rings is 1. The first-order valence-electron chi connectivity index (χ1n) is 5.36. The van der Waals surface area contributed by atoms with E-state index in [1.54, 1.807) is 0 Å². The number of aromatic nitrogens is 2. The van der Waals surface area contributed by atoms with Crippen LogP contribution in [0.4, 0.5) is 5.69 Å². The van der Waals surface area contributed by atoms with Crippen molar-refractivity contribution in [1.29, 1.82) is 0 Å². The molecular weight excluding hydrogens is 225 g/mol. The number of anilines is 1. The first-order valence-corrected chi connectivity index (χ1v) is 5.36. The predicted octanol–water partition coefficient (Wildman–Crippen LogP) is -2.70. The van der Waals surface area contributed by atoms with Crippen LogP contribution in [0, 0.1) is 0 Å². The molecule has 8 heteroatoms. The average molecular weight is 239 g/mol. The number of hydrogen-bond acceptors (Lipinski definition) is 6. The van der Waals surface area contributed by atoms with Crippen LogP contribution in [0.15, 0.2) is 10.9 Å². The SMILES string of the molecule is Cn1nc(B(O)O)cc(N2CCOCC2)c1=O. The van der Waals surface area contributed by atoms with Crippen LogP contribution in [0.25, 0.3) is 0 Å². The van der Waals surface area contributed by atoms with Crippen molar-refractivity contribution >= 4 is 18.4 Å². The van der Waals surface area contributed by atoms with Gasteiger partial charge in [0.25, 0.3) is 5.56 Å². The molecule has 0 saturated carbocycles. The lowest BCUT2D eigenvalue weighted by molar-refractivity contribution is 0.122. The molecule has 0 atom stereocenters. The smallest absolute Gasteiger partial charge is 0.422 e. The van der Waals surface area contributed by atoms with Crippen molar-refractivity contribution in [2.24, 2.45) is 7.05 Å². The van der Waals surface area contributed by atoms with Gasteiger partial charge in [-0.25, -0.2) is 4.68 Å². The molecule has 1 aliphatic heterocycles. The molecule has 1 saturated heterocycles. The van der Waals surface area contributed by atoms with Gasteiger partial charge in [0.15, 0.2) is 0 Å². The second-order valence-corrected chi connectivity index (χ2v) is 3.86. The van der Waals surface area contributed by atoms with Crippen LogP contribution < -0.4 is 16.1 Å². The number of hydrogen-bond donors (Lipinski definition) is 2. The topological polar surface area (TPSA) is 87.8 Å². The molecule has 17 heavy (non-hydrogen) atoms. The Kier molecular flexibility index (Phi) is 3.46. The highest BCUT2D eigenvalue weighted by Gasteiger charge is 2.21. The van der Waals surface area contributed by atoms with E-state index in [0.29, 0.717) is 32.0 Å². The predicted molar refractivity (Wildman–Crippen MR) is 62.3 cm³/mol. The third-order valence-corrected chi connectivity index (χ3v) is 2.68. The van der Waals surface area contributed by atoms with Gasteiger partial charge in [0.2, 0.25) is 0 Å². The van der Waals surface area contributed by atoms with Gasteiger partial charge in [0, 0.05) is 20.1 Å². The van der Waals surface area contributed by atoms with E-state index in [0.717, 1.165) is 4.68 Å². The van der Waals surface area contributed by atoms with Gasteiger partial charge in [0.05, 0.1) is 18.8 Å². The zero-order valence-corrected chi connectivity index (χ0v) is 9.54. The lowest BCUT2D eigenvalue weighted by atomic mass is 9.86. The third-order valence-electron chi connectivity index (χ3n) is 2.68. The van der Waals surface area contributed by atoms with Gasteiger partial charge in [-0.15, -0.1) is 0 Å². The molecule has 0 unspecified atom stereocenters. The molecule has 0 bridgehead atoms. The average Bonchev–Trinajstić information content (AvgIpc) is 2.33. The molecule has 2 heterocycles. The van der Waals surface area contributed by atoms with E-state index in [2.05, 4.69) is 5.10 Å². The molecule has 0 spiro atoms. The molecule has 0 radical (unpaired) electrons. The Bertz CT molecular complexity index is 456. The first-order chi connectivity index (χ1) is 8.09. The number of nitrogens with zero attached hydrogens (tertiary/aromatic N) is 3. The molecule has 0 aromatic carbocycles. The Labute approximate surface area is 98.4 Å². The summed E-state index contributed by atoms with van der Waals surface area (Å²) in [5.74, 6) is 0. The molecule has 0 amide bonds. The fourth-order valence-electron chi connectivity index (χ4n) is 1.77. The van der Waals surface area contributed by atoms with Gasteiger partial charge in [-0.05, 0) is 6.07 Å². The van der Waals surface area contributed by atoms with Crippen LogP contribution in [0.1, 0.15) is 0 Å². The molecule has 7 nitrogen and oxygen atoms in total. The van der Waals surface area contributed by atoms with E-state index in [9.17, 15) is 4.79 Å². The molecule has 0 aliphatic carbocycles. The van der Waals surface area contributed by atoms with Crippen molar-refractivity contribution in [1.82, 2.24) is 9.78 Å². The van der Waals surface area contributed by atoms with Gasteiger partial charge >= 0.3 is 7.12 Å². The van der Waals surface area contributed by atoms with Crippen LogP contribution in [0.5, 0.6) is 0 Å². The van der Waals surface area contributed by atoms with Crippen molar-refractivity contribution in [2.75, 3.05) is 31.2 Å². The summed E-state index contributed by atoms with van der Waals surface area (Å²) < 4.78 is 6.31. The molecule has 2 rings (SSSR count). The van der Waals surface area contributed by atoms with Crippen molar-refractivity contribution in [3.8, 4) is 0 Å². The normalized spacial score (nSPS) is 16.1. The van der Waals surface area contributed by atoms with Crippen molar-refractivity contribution in [3.63, 3.8) is 0 Å². The van der Waals surface area contributed by atoms with Crippen LogP contribution in [-0.2, 0) is 11.8 Å². The number of rotatable bonds is 2. The largest absolute Gasteiger partial charge is 0.510 e. The zero-order valence-electron chi connectivity index (χ0n) is 9.54. The highest BCUT2D eigenvalue weighted by atomic mass is 16.5. The third kappa shape index (κ3) is 2.49. The highest BCUT2D eigenvalue weighted by molar-refractivity contribution is 6.57. The second-order valence-electron chi connectivity index (χ2n) is 3.86. The Balaban J connectivity index is 2.40. The van der Waals surface area contributed by atoms with E-state index in [-0.39, 0.29) is 11.2 Å². The number of aryl methyl sites for hydroxylation is 1. The van der Waals surface area contributed by atoms with Crippen molar-refractivity contribution in [3.05, 3.63) is 16.4 Å². The number of ether oxygens (including phenoxy) is 1. The fraction of sp³-hybridized carbons (Fsp3) is 0.556. The van der Waals surface area contributed by atoms with Gasteiger partial charge in [0.1, 0.15) is 5.69 Å². The van der Waals surface area contributed by atoms with Crippen LogP contribution in [0.2, 0.25) is 0 Å². The lowest BCUT2D eigenvalue weighted by Crippen LogP contribution is -2.44. The van der Waals surface area contributed by atoms with Crippen LogP contribution in [0.3, 0.4) is 0 Å². The Morgan fingerprint density at radius 3 is 2.65 bits per heavy atom. The second kappa shape index (κ2) is 4.86. The minimum Gasteiger partial charge on any atom is -0.422 e. The molecule has 1 fully saturated rings. The summed E-state index contributed by atoms with van der Waals surface area (Å²) in [6, 6.07) is 1.42. The maximum absolute atomic E-state index is 11.9. The summed E-state index contributed by atoms with van der Waals surface area (Å²) >= 11 is 0. The van der Waals surface area contributed by atoms with Crippen LogP contribution in [-0.4, -0.2) is 53.3 Å². The van der Waals surface area contributed by atoms with Crippen LogP contribution >= 0.6 is 0 Å². The summed E-state index contributed by atoms with van der Waals surface area (Å²) in [5.41, 5.74) is 0.235. The Hall–Kier alpha value is -1.38. The molecule has 1 aliphatic rings. The Morgan fingerprint density at radius 2 is 2.06 bits per heavy atom. The maximum atomic E-state index is 11.9. The minimum atomic E-state index is -1.68. The standard InChI is InChI=1S/C9H14BN3O4/c1-12-9(14)7(6-8(11-12)10(15)16)13-2-4-17-5-3-13/h6,15-16H,2-5H2,1H3. The first kappa shape index (κ1) is 12.1. The maximum Gasteiger partial charge on any atom is 0.510 e. The van der Waals surface area contributed by atoms with E-state index in [1.807, 2.05) is 4.90 Å². The van der Waals surface area contributed by atoms with E-state index in [4.69, 9.17) is 14.8 Å². The van der Waals surface area contributed by atoms with E-state index in [1.165, 1.54) is 13.1 Å². The van der Waals surface area contributed by atoms with E-state index < -0.39 is 7.12 Å². The summed E-state index contributed by atoms with van der Waals surface area (Å²) in [6.45, 7) is 2.34. The molecule has 92 valence electrons. The quantitative estimate of drug-likeness (QED) is 0.546. The van der Waals surface area contributed by atoms with Crippen molar-refractivity contribution in [2.45, 2.75) is 0 Å². The molecule has 1 aromatic heterocycles. The fourth-order valence-corrected chi connectivity index (χ4v) is 1.77. The molecular formula is C9H14BN3O4. The monoisotopic (exact) mass is 239 g/mol. The van der Waals surface area contributed by atoms with Gasteiger partial charge in [-0.1, -0.05) is 0 Å².